The van der Waals surface area contributed by atoms with Crippen LogP contribution in [0.2, 0.25) is 38.3 Å². The molecule has 7 fully saturated rings. The largest absolute Gasteiger partial charge is 0.455 e. The van der Waals surface area contributed by atoms with Crippen molar-refractivity contribution in [2.75, 3.05) is 46.2 Å². The van der Waals surface area contributed by atoms with Crippen LogP contribution in [0.1, 0.15) is 257 Å². The average molecular weight is 1050 g/mol. The molecule has 1 aliphatic heterocycles. The van der Waals surface area contributed by atoms with Gasteiger partial charge in [-0.3, -0.25) is 29.7 Å². The van der Waals surface area contributed by atoms with Gasteiger partial charge in [-0.05, 0) is 166 Å². The second-order valence-electron chi connectivity index (χ2n) is 26.9. The normalized spacial score (nSPS) is 23.8. The van der Waals surface area contributed by atoms with Crippen molar-refractivity contribution in [2.45, 2.75) is 319 Å². The molecule has 6 aliphatic carbocycles. The Morgan fingerprint density at radius 3 is 1.19 bits per heavy atom. The van der Waals surface area contributed by atoms with Crippen LogP contribution in [0.4, 0.5) is 0 Å². The van der Waals surface area contributed by atoms with Gasteiger partial charge in [0.15, 0.2) is 22.6 Å². The quantitative estimate of drug-likeness (QED) is 0.0352. The summed E-state index contributed by atoms with van der Waals surface area (Å²) in [5, 5.41) is 7.77. The highest BCUT2D eigenvalue weighted by molar-refractivity contribution is 6.84. The second kappa shape index (κ2) is 33.3. The molecule has 0 aromatic heterocycles. The number of nitrogens with zero attached hydrogens (tertiary/aromatic N) is 6. The Morgan fingerprint density at radius 1 is 0.425 bits per heavy atom. The second-order valence-corrected chi connectivity index (χ2v) is 35.8. The number of rotatable bonds is 28. The van der Waals surface area contributed by atoms with Crippen LogP contribution in [0.25, 0.3) is 0 Å². The molecular formula is C62H118N8OSi2. The van der Waals surface area contributed by atoms with E-state index in [1.807, 2.05) is 0 Å². The lowest BCUT2D eigenvalue weighted by atomic mass is 9.84. The summed E-state index contributed by atoms with van der Waals surface area (Å²) in [7, 11) is -3.62. The molecule has 0 atom stereocenters. The van der Waals surface area contributed by atoms with Crippen LogP contribution in [0.5, 0.6) is 0 Å². The summed E-state index contributed by atoms with van der Waals surface area (Å²) in [6.07, 6.45) is 54.2. The summed E-state index contributed by atoms with van der Waals surface area (Å²) in [6.45, 7) is 17.9. The molecule has 0 unspecified atom stereocenters. The van der Waals surface area contributed by atoms with Crippen LogP contribution in [0.15, 0.2) is 15.0 Å². The molecule has 420 valence electrons. The highest BCUT2D eigenvalue weighted by Crippen LogP contribution is 2.32. The smallest absolute Gasteiger partial charge is 0.191 e. The van der Waals surface area contributed by atoms with Crippen LogP contribution < -0.4 is 10.6 Å². The van der Waals surface area contributed by atoms with Gasteiger partial charge in [0.1, 0.15) is 0 Å². The van der Waals surface area contributed by atoms with E-state index in [0.717, 1.165) is 50.8 Å². The zero-order chi connectivity index (χ0) is 50.8. The van der Waals surface area contributed by atoms with E-state index in [-0.39, 0.29) is 0 Å². The molecule has 7 rings (SSSR count). The predicted molar refractivity (Wildman–Crippen MR) is 321 cm³/mol. The van der Waals surface area contributed by atoms with E-state index < -0.39 is 16.6 Å². The van der Waals surface area contributed by atoms with Gasteiger partial charge in [0, 0.05) is 61.8 Å². The van der Waals surface area contributed by atoms with Gasteiger partial charge in [0.2, 0.25) is 0 Å². The monoisotopic (exact) mass is 1050 g/mol. The maximum Gasteiger partial charge on any atom is 0.191 e. The van der Waals surface area contributed by atoms with Gasteiger partial charge in [-0.15, -0.1) is 0 Å². The molecule has 1 saturated heterocycles. The summed E-state index contributed by atoms with van der Waals surface area (Å²) < 4.78 is 7.31. The molecule has 9 nitrogen and oxygen atoms in total. The van der Waals surface area contributed by atoms with E-state index in [2.05, 4.69) is 51.5 Å². The molecule has 0 amide bonds. The lowest BCUT2D eigenvalue weighted by Crippen LogP contribution is -2.55. The van der Waals surface area contributed by atoms with Gasteiger partial charge in [-0.2, -0.15) is 0 Å². The van der Waals surface area contributed by atoms with Crippen molar-refractivity contribution in [3.63, 3.8) is 0 Å². The van der Waals surface area contributed by atoms with Gasteiger partial charge in [-0.25, -0.2) is 0 Å². The van der Waals surface area contributed by atoms with E-state index in [1.54, 1.807) is 11.4 Å². The fourth-order valence-electron chi connectivity index (χ4n) is 14.8. The molecule has 6 saturated carbocycles. The van der Waals surface area contributed by atoms with Crippen molar-refractivity contribution in [3.8, 4) is 0 Å². The molecule has 0 bridgehead atoms. The van der Waals surface area contributed by atoms with Crippen molar-refractivity contribution in [1.29, 1.82) is 0 Å². The Bertz CT molecular complexity index is 1480. The van der Waals surface area contributed by atoms with Crippen LogP contribution >= 0.6 is 0 Å². The fourth-order valence-corrected chi connectivity index (χ4v) is 23.7. The summed E-state index contributed by atoms with van der Waals surface area (Å²) in [5.74, 6) is 2.89. The lowest BCUT2D eigenvalue weighted by Gasteiger charge is -2.43. The Hall–Kier alpha value is -1.12. The van der Waals surface area contributed by atoms with Gasteiger partial charge in [-0.1, -0.05) is 141 Å². The number of unbranched alkanes of at least 4 members (excludes halogenated alkanes) is 2. The summed E-state index contributed by atoms with van der Waals surface area (Å²) in [5.41, 5.74) is 3.20. The molecule has 0 aromatic rings. The predicted octanol–water partition coefficient (Wildman–Crippen LogP) is 16.0. The maximum atomic E-state index is 7.31. The van der Waals surface area contributed by atoms with E-state index in [4.69, 9.17) is 19.1 Å². The van der Waals surface area contributed by atoms with Crippen LogP contribution in [-0.2, 0) is 4.12 Å². The Labute approximate surface area is 453 Å². The van der Waals surface area contributed by atoms with Gasteiger partial charge >= 0.3 is 0 Å². The zero-order valence-electron chi connectivity index (χ0n) is 48.7. The Balaban J connectivity index is 0.893. The van der Waals surface area contributed by atoms with Crippen molar-refractivity contribution in [2.24, 2.45) is 26.8 Å². The van der Waals surface area contributed by atoms with Crippen LogP contribution in [0.3, 0.4) is 0 Å². The van der Waals surface area contributed by atoms with Crippen molar-refractivity contribution in [3.05, 3.63) is 0 Å². The molecule has 0 spiro atoms. The van der Waals surface area contributed by atoms with Gasteiger partial charge < -0.3 is 14.7 Å². The van der Waals surface area contributed by atoms with Crippen LogP contribution in [0, 0.1) is 11.8 Å². The minimum atomic E-state index is -1.81. The molecule has 11 heteroatoms. The lowest BCUT2D eigenvalue weighted by molar-refractivity contribution is -0.0303. The SMILES string of the molecule is C[Si](C)(CCCN=C(NC1CCCCC1)NC1CCCCC1)O[Si](C)(C)CCCN1CN(CCCCC(CC2CCCCC2)=NC2CCCCC2)CN(CCCCC(CC2CCCCC2)=NC2CCCCC2)C1. The first-order valence-corrected chi connectivity index (χ1v) is 38.9. The minimum absolute atomic E-state index is 0.593. The number of hydrogen-bond acceptors (Lipinski definition) is 7. The van der Waals surface area contributed by atoms with E-state index in [9.17, 15) is 0 Å². The topological polar surface area (TPSA) is 80.1 Å². The van der Waals surface area contributed by atoms with E-state index in [0.29, 0.717) is 24.2 Å². The maximum absolute atomic E-state index is 7.31. The third-order valence-electron chi connectivity index (χ3n) is 18.9. The fraction of sp³-hybridized carbons (Fsp3) is 0.952. The van der Waals surface area contributed by atoms with Crippen LogP contribution in [-0.4, -0.2) is 119 Å². The van der Waals surface area contributed by atoms with E-state index in [1.165, 1.54) is 282 Å². The van der Waals surface area contributed by atoms with Crippen molar-refractivity contribution < 1.29 is 4.12 Å². The molecular weight excluding hydrogens is 929 g/mol. The molecule has 1 heterocycles. The third-order valence-corrected chi connectivity index (χ3v) is 26.4. The van der Waals surface area contributed by atoms with Gasteiger partial charge in [0.25, 0.3) is 0 Å². The summed E-state index contributed by atoms with van der Waals surface area (Å²) >= 11 is 0. The molecule has 2 N–H and O–H groups in total. The standard InChI is InChI=1S/C62H118N8OSi2/c1-72(2,47-27-43-63-62(66-58-37-19-9-20-38-58)67-59-39-21-10-22-40-59)71-73(3,4)48-28-46-70-52-68(44-25-23-41-60(49-54-29-11-5-12-30-54)64-56-33-15-7-16-34-56)51-69(53-70)45-26-24-42-61(50-55-31-13-6-14-32-55)65-57-35-17-8-18-36-57/h54-59H,5-53H2,1-4H3,(H2,63,66,67). The molecule has 0 radical (unpaired) electrons. The highest BCUT2D eigenvalue weighted by atomic mass is 28.4. The molecule has 0 aromatic carbocycles. The van der Waals surface area contributed by atoms with Crippen molar-refractivity contribution in [1.82, 2.24) is 25.3 Å². The third kappa shape index (κ3) is 24.2. The molecule has 73 heavy (non-hydrogen) atoms. The van der Waals surface area contributed by atoms with Crippen molar-refractivity contribution >= 4 is 34.0 Å². The first-order valence-electron chi connectivity index (χ1n) is 32.7. The first-order chi connectivity index (χ1) is 35.6. The Kier molecular flexibility index (Phi) is 27.2. The number of aliphatic imine (C=N–C) groups is 3. The zero-order valence-corrected chi connectivity index (χ0v) is 50.7. The average Bonchev–Trinajstić information content (AvgIpc) is 3.39. The summed E-state index contributed by atoms with van der Waals surface area (Å²) in [6, 6.07) is 4.87. The Morgan fingerprint density at radius 2 is 0.781 bits per heavy atom. The number of hydrogen-bond donors (Lipinski definition) is 2. The number of guanidine groups is 1. The minimum Gasteiger partial charge on any atom is -0.455 e. The van der Waals surface area contributed by atoms with Gasteiger partial charge in [0.05, 0.1) is 20.0 Å². The molecule has 7 aliphatic rings. The number of nitrogens with one attached hydrogen (secondary N) is 2. The van der Waals surface area contributed by atoms with E-state index >= 15 is 0 Å². The highest BCUT2D eigenvalue weighted by Gasteiger charge is 2.33. The summed E-state index contributed by atoms with van der Waals surface area (Å²) in [4.78, 5) is 24.8. The first kappa shape index (κ1) is 59.5.